The number of benzene rings is 8. The molecule has 0 saturated heterocycles. The molecule has 0 aliphatic carbocycles. The molecule has 0 radical (unpaired) electrons. The lowest BCUT2D eigenvalue weighted by atomic mass is 9.96. The molecule has 0 saturated carbocycles. The van der Waals surface area contributed by atoms with E-state index in [1.54, 1.807) is 36.4 Å². The first-order valence-corrected chi connectivity index (χ1v) is 18.8. The lowest BCUT2D eigenvalue weighted by Crippen LogP contribution is -2.06. The Bertz CT molecular complexity index is 3380. The molecule has 0 bridgehead atoms. The van der Waals surface area contributed by atoms with Crippen LogP contribution in [0.4, 0.5) is 10.1 Å². The van der Waals surface area contributed by atoms with E-state index < -0.39 is 5.82 Å². The Kier molecular flexibility index (Phi) is 8.10. The monoisotopic (exact) mass is 754 g/mol. The van der Waals surface area contributed by atoms with Crippen LogP contribution in [-0.2, 0) is 0 Å². The fraction of sp³-hybridized carbons (Fsp3) is 0. The average Bonchev–Trinajstić information content (AvgIpc) is 3.80. The van der Waals surface area contributed by atoms with Gasteiger partial charge in [0.25, 0.3) is 0 Å². The maximum absolute atomic E-state index is 16.8. The molecule has 0 spiro atoms. The fourth-order valence-corrected chi connectivity index (χ4v) is 8.44. The van der Waals surface area contributed by atoms with Crippen molar-refractivity contribution in [2.45, 2.75) is 0 Å². The van der Waals surface area contributed by atoms with Crippen molar-refractivity contribution in [1.82, 2.24) is 9.13 Å². The highest BCUT2D eigenvalue weighted by molar-refractivity contribution is 6.13. The molecule has 0 N–H and O–H groups in total. The number of para-hydroxylation sites is 2. The van der Waals surface area contributed by atoms with E-state index in [9.17, 15) is 15.8 Å². The zero-order valence-electron chi connectivity index (χ0n) is 31.1. The van der Waals surface area contributed by atoms with Crippen LogP contribution in [-0.4, -0.2) is 9.13 Å². The predicted octanol–water partition coefficient (Wildman–Crippen LogP) is 13.2. The van der Waals surface area contributed by atoms with Gasteiger partial charge in [-0.05, 0) is 95.1 Å². The largest absolute Gasteiger partial charge is 0.308 e. The van der Waals surface area contributed by atoms with E-state index in [1.807, 2.05) is 84.9 Å². The van der Waals surface area contributed by atoms with Crippen LogP contribution in [0.1, 0.15) is 16.7 Å². The van der Waals surface area contributed by atoms with E-state index >= 15 is 4.39 Å². The highest BCUT2D eigenvalue weighted by atomic mass is 19.1. The summed E-state index contributed by atoms with van der Waals surface area (Å²) in [7, 11) is 0. The van der Waals surface area contributed by atoms with Crippen molar-refractivity contribution in [2.75, 3.05) is 0 Å². The summed E-state index contributed by atoms with van der Waals surface area (Å²) in [4.78, 5) is 3.65. The first-order valence-electron chi connectivity index (χ1n) is 18.8. The molecule has 59 heavy (non-hydrogen) atoms. The normalized spacial score (nSPS) is 11.1. The average molecular weight is 755 g/mol. The van der Waals surface area contributed by atoms with Crippen LogP contribution in [0.25, 0.3) is 93.2 Å². The zero-order chi connectivity index (χ0) is 40.2. The molecule has 272 valence electrons. The van der Waals surface area contributed by atoms with E-state index in [0.29, 0.717) is 33.8 Å². The fourth-order valence-electron chi connectivity index (χ4n) is 8.44. The maximum atomic E-state index is 16.8. The molecule has 10 aromatic rings. The third kappa shape index (κ3) is 5.59. The van der Waals surface area contributed by atoms with E-state index in [0.717, 1.165) is 65.9 Å². The molecular formula is C52H27FN6. The van der Waals surface area contributed by atoms with Crippen molar-refractivity contribution in [2.24, 2.45) is 0 Å². The van der Waals surface area contributed by atoms with Gasteiger partial charge in [-0.3, -0.25) is 0 Å². The standard InChI is InChI=1S/C52H27FN6/c1-57-39-11-7-10-36(26-39)38-18-21-43-41-13-3-5-15-47(41)59(49(43)28-38)51-25-34(31-56)24-50(52(51)44-19-16-33(30-55)23-45(44)53)58-46-14-4-2-12-40(46)42-20-17-37(27-48(42)58)35-9-6-8-32(22-35)29-54/h2-28H. The second-order valence-corrected chi connectivity index (χ2v) is 14.3. The highest BCUT2D eigenvalue weighted by Gasteiger charge is 2.25. The minimum Gasteiger partial charge on any atom is -0.308 e. The van der Waals surface area contributed by atoms with Gasteiger partial charge in [-0.1, -0.05) is 91.0 Å². The van der Waals surface area contributed by atoms with Gasteiger partial charge >= 0.3 is 0 Å². The molecule has 2 aromatic heterocycles. The van der Waals surface area contributed by atoms with Gasteiger partial charge in [-0.25, -0.2) is 9.24 Å². The van der Waals surface area contributed by atoms with Crippen molar-refractivity contribution in [3.8, 4) is 63.0 Å². The smallest absolute Gasteiger partial charge is 0.187 e. The Morgan fingerprint density at radius 1 is 0.441 bits per heavy atom. The minimum atomic E-state index is -0.580. The Morgan fingerprint density at radius 2 is 0.949 bits per heavy atom. The summed E-state index contributed by atoms with van der Waals surface area (Å²) in [5, 5.41) is 34.1. The number of rotatable bonds is 5. The van der Waals surface area contributed by atoms with Crippen molar-refractivity contribution in [3.63, 3.8) is 0 Å². The highest BCUT2D eigenvalue weighted by Crippen LogP contribution is 2.44. The van der Waals surface area contributed by atoms with E-state index in [1.165, 1.54) is 6.07 Å². The third-order valence-electron chi connectivity index (χ3n) is 11.1. The quantitative estimate of drug-likeness (QED) is 0.164. The van der Waals surface area contributed by atoms with Gasteiger partial charge in [0.15, 0.2) is 5.69 Å². The molecule has 0 aliphatic rings. The summed E-state index contributed by atoms with van der Waals surface area (Å²) >= 11 is 0. The molecule has 0 amide bonds. The molecule has 10 rings (SSSR count). The number of fused-ring (bicyclic) bond motifs is 6. The predicted molar refractivity (Wildman–Crippen MR) is 232 cm³/mol. The van der Waals surface area contributed by atoms with Gasteiger partial charge in [0, 0.05) is 32.7 Å². The van der Waals surface area contributed by atoms with Gasteiger partial charge in [0.2, 0.25) is 0 Å². The molecule has 0 atom stereocenters. The van der Waals surface area contributed by atoms with Crippen molar-refractivity contribution in [3.05, 3.63) is 198 Å². The number of halogens is 1. The van der Waals surface area contributed by atoms with Crippen LogP contribution in [0, 0.1) is 46.4 Å². The van der Waals surface area contributed by atoms with Gasteiger partial charge < -0.3 is 9.13 Å². The van der Waals surface area contributed by atoms with Crippen LogP contribution in [0.2, 0.25) is 0 Å². The van der Waals surface area contributed by atoms with Crippen LogP contribution in [0.5, 0.6) is 0 Å². The first-order chi connectivity index (χ1) is 29.0. The topological polar surface area (TPSA) is 85.6 Å². The van der Waals surface area contributed by atoms with E-state index in [2.05, 4.69) is 68.6 Å². The molecule has 6 nitrogen and oxygen atoms in total. The van der Waals surface area contributed by atoms with E-state index in [-0.39, 0.29) is 11.1 Å². The lowest BCUT2D eigenvalue weighted by molar-refractivity contribution is 0.630. The third-order valence-corrected chi connectivity index (χ3v) is 11.1. The van der Waals surface area contributed by atoms with Gasteiger partial charge in [-0.2, -0.15) is 15.8 Å². The number of nitriles is 3. The summed E-state index contributed by atoms with van der Waals surface area (Å²) in [6, 6.07) is 58.2. The molecule has 2 heterocycles. The maximum Gasteiger partial charge on any atom is 0.187 e. The summed E-state index contributed by atoms with van der Waals surface area (Å²) in [5.74, 6) is -0.580. The van der Waals surface area contributed by atoms with Crippen LogP contribution in [0.15, 0.2) is 164 Å². The van der Waals surface area contributed by atoms with Gasteiger partial charge in [0.1, 0.15) is 5.82 Å². The molecule has 7 heteroatoms. The van der Waals surface area contributed by atoms with Gasteiger partial charge in [0.05, 0.1) is 74.9 Å². The van der Waals surface area contributed by atoms with Crippen LogP contribution < -0.4 is 0 Å². The second-order valence-electron chi connectivity index (χ2n) is 14.3. The summed E-state index contributed by atoms with van der Waals surface area (Å²) < 4.78 is 21.0. The Labute approximate surface area is 338 Å². The van der Waals surface area contributed by atoms with Crippen LogP contribution in [0.3, 0.4) is 0 Å². The van der Waals surface area contributed by atoms with Crippen LogP contribution >= 0.6 is 0 Å². The lowest BCUT2D eigenvalue weighted by Gasteiger charge is -2.21. The number of hydrogen-bond acceptors (Lipinski definition) is 3. The number of nitrogens with zero attached hydrogens (tertiary/aromatic N) is 6. The molecule has 0 aliphatic heterocycles. The van der Waals surface area contributed by atoms with E-state index in [4.69, 9.17) is 6.57 Å². The minimum absolute atomic E-state index is 0.187. The Morgan fingerprint density at radius 3 is 1.51 bits per heavy atom. The molecular weight excluding hydrogens is 728 g/mol. The molecule has 0 unspecified atom stereocenters. The number of hydrogen-bond donors (Lipinski definition) is 0. The summed E-state index contributed by atoms with van der Waals surface area (Å²) in [6.45, 7) is 7.62. The van der Waals surface area contributed by atoms with Crippen molar-refractivity contribution < 1.29 is 4.39 Å². The Balaban J connectivity index is 1.37. The first kappa shape index (κ1) is 34.7. The number of aromatic nitrogens is 2. The summed E-state index contributed by atoms with van der Waals surface area (Å²) in [5.41, 5.74) is 10.4. The SMILES string of the molecule is [C-]#[N+]c1cccc(-c2ccc3c4ccccc4n(-c4cc(C#N)cc(-n5c6ccccc6c6ccc(-c7cccc(C#N)c7)cc65)c4-c4ccc(C#N)cc4F)c3c2)c1. The van der Waals surface area contributed by atoms with Crippen molar-refractivity contribution in [1.29, 1.82) is 15.8 Å². The second kappa shape index (κ2) is 13.8. The summed E-state index contributed by atoms with van der Waals surface area (Å²) in [6.07, 6.45) is 0. The zero-order valence-corrected chi connectivity index (χ0v) is 31.1. The molecule has 0 fully saturated rings. The Hall–Kier alpha value is -8.75. The molecule has 8 aromatic carbocycles. The van der Waals surface area contributed by atoms with Crippen molar-refractivity contribution >= 4 is 49.3 Å². The van der Waals surface area contributed by atoms with Gasteiger partial charge in [-0.15, -0.1) is 0 Å².